The average molecular weight is 255 g/mol. The third-order valence-electron chi connectivity index (χ3n) is 4.18. The Morgan fingerprint density at radius 1 is 1.16 bits per heavy atom. The van der Waals surface area contributed by atoms with Crippen LogP contribution in [0.25, 0.3) is 10.9 Å². The third-order valence-corrected chi connectivity index (χ3v) is 4.18. The number of hydrogen-bond acceptors (Lipinski definition) is 1. The highest BCUT2D eigenvalue weighted by Crippen LogP contribution is 2.22. The molecule has 0 amide bonds. The molecule has 19 heavy (non-hydrogen) atoms. The van der Waals surface area contributed by atoms with E-state index < -0.39 is 0 Å². The number of pyridine rings is 1. The number of rotatable bonds is 2. The molecule has 0 saturated heterocycles. The largest absolute Gasteiger partial charge is 0.358 e. The fourth-order valence-corrected chi connectivity index (χ4v) is 3.20. The quantitative estimate of drug-likeness (QED) is 0.814. The van der Waals surface area contributed by atoms with Crippen molar-refractivity contribution < 1.29 is 0 Å². The molecule has 1 N–H and O–H groups in total. The van der Waals surface area contributed by atoms with Gasteiger partial charge in [0, 0.05) is 16.6 Å². The molecule has 0 unspecified atom stereocenters. The minimum absolute atomic E-state index is 0.267. The van der Waals surface area contributed by atoms with E-state index in [1.54, 1.807) is 0 Å². The van der Waals surface area contributed by atoms with Gasteiger partial charge in [0.2, 0.25) is 0 Å². The van der Waals surface area contributed by atoms with E-state index >= 15 is 0 Å². The van der Waals surface area contributed by atoms with E-state index in [4.69, 9.17) is 0 Å². The minimum atomic E-state index is 0.267. The molecular formula is C17H21NO. The molecular weight excluding hydrogens is 234 g/mol. The summed E-state index contributed by atoms with van der Waals surface area (Å²) in [6.45, 7) is 2.18. The summed E-state index contributed by atoms with van der Waals surface area (Å²) in [5.41, 5.74) is 4.86. The SMILES string of the molecule is CCCc1cccc2c(=O)c3c([nH]c12)CCCCC3. The lowest BCUT2D eigenvalue weighted by Gasteiger charge is -2.11. The second kappa shape index (κ2) is 5.20. The van der Waals surface area contributed by atoms with Crippen LogP contribution in [0.4, 0.5) is 0 Å². The Bertz CT molecular complexity index is 654. The number of aromatic amines is 1. The summed E-state index contributed by atoms with van der Waals surface area (Å²) in [4.78, 5) is 16.2. The topological polar surface area (TPSA) is 32.9 Å². The van der Waals surface area contributed by atoms with Gasteiger partial charge in [-0.05, 0) is 43.7 Å². The second-order valence-electron chi connectivity index (χ2n) is 5.56. The predicted octanol–water partition coefficient (Wildman–Crippen LogP) is 3.75. The summed E-state index contributed by atoms with van der Waals surface area (Å²) in [5, 5.41) is 0.881. The zero-order chi connectivity index (χ0) is 13.2. The predicted molar refractivity (Wildman–Crippen MR) is 79.8 cm³/mol. The van der Waals surface area contributed by atoms with Gasteiger partial charge in [-0.15, -0.1) is 0 Å². The third kappa shape index (κ3) is 2.20. The van der Waals surface area contributed by atoms with E-state index in [2.05, 4.69) is 18.0 Å². The van der Waals surface area contributed by atoms with Crippen molar-refractivity contribution in [3.8, 4) is 0 Å². The number of aromatic nitrogens is 1. The average Bonchev–Trinajstić information content (AvgIpc) is 2.66. The molecule has 0 spiro atoms. The van der Waals surface area contributed by atoms with Crippen LogP contribution >= 0.6 is 0 Å². The van der Waals surface area contributed by atoms with Crippen LogP contribution in [0.5, 0.6) is 0 Å². The van der Waals surface area contributed by atoms with Gasteiger partial charge >= 0.3 is 0 Å². The number of para-hydroxylation sites is 1. The van der Waals surface area contributed by atoms with Crippen molar-refractivity contribution in [2.24, 2.45) is 0 Å². The summed E-state index contributed by atoms with van der Waals surface area (Å²) < 4.78 is 0. The number of fused-ring (bicyclic) bond motifs is 2. The van der Waals surface area contributed by atoms with Crippen LogP contribution in [0.2, 0.25) is 0 Å². The lowest BCUT2D eigenvalue weighted by Crippen LogP contribution is -2.14. The van der Waals surface area contributed by atoms with Crippen LogP contribution in [-0.4, -0.2) is 4.98 Å². The molecule has 0 bridgehead atoms. The van der Waals surface area contributed by atoms with E-state index in [-0.39, 0.29) is 5.43 Å². The fraction of sp³-hybridized carbons (Fsp3) is 0.471. The van der Waals surface area contributed by atoms with Crippen molar-refractivity contribution in [3.63, 3.8) is 0 Å². The van der Waals surface area contributed by atoms with Gasteiger partial charge in [-0.1, -0.05) is 31.9 Å². The Morgan fingerprint density at radius 2 is 2.00 bits per heavy atom. The fourth-order valence-electron chi connectivity index (χ4n) is 3.20. The molecule has 0 fully saturated rings. The first-order valence-corrected chi connectivity index (χ1v) is 7.47. The van der Waals surface area contributed by atoms with Crippen LogP contribution in [0.15, 0.2) is 23.0 Å². The Morgan fingerprint density at radius 3 is 2.84 bits per heavy atom. The van der Waals surface area contributed by atoms with Gasteiger partial charge in [0.05, 0.1) is 5.52 Å². The molecule has 0 atom stereocenters. The summed E-state index contributed by atoms with van der Waals surface area (Å²) in [7, 11) is 0. The van der Waals surface area contributed by atoms with Crippen molar-refractivity contribution in [1.29, 1.82) is 0 Å². The van der Waals surface area contributed by atoms with Crippen molar-refractivity contribution in [3.05, 3.63) is 45.2 Å². The monoisotopic (exact) mass is 255 g/mol. The van der Waals surface area contributed by atoms with Crippen molar-refractivity contribution in [2.45, 2.75) is 51.9 Å². The molecule has 100 valence electrons. The maximum Gasteiger partial charge on any atom is 0.192 e. The van der Waals surface area contributed by atoms with E-state index in [1.165, 1.54) is 24.1 Å². The molecule has 1 aliphatic rings. The minimum Gasteiger partial charge on any atom is -0.358 e. The zero-order valence-corrected chi connectivity index (χ0v) is 11.6. The second-order valence-corrected chi connectivity index (χ2v) is 5.56. The van der Waals surface area contributed by atoms with Gasteiger partial charge in [0.25, 0.3) is 0 Å². The molecule has 0 saturated carbocycles. The Kier molecular flexibility index (Phi) is 3.41. The standard InChI is InChI=1S/C17H21NO/c1-2-7-12-8-6-10-14-16(12)18-15-11-5-3-4-9-13(15)17(14)19/h6,8,10H,2-5,7,9,11H2,1H3,(H,18,19). The highest BCUT2D eigenvalue weighted by Gasteiger charge is 2.15. The molecule has 2 heteroatoms. The molecule has 1 aliphatic carbocycles. The first-order chi connectivity index (χ1) is 9.31. The molecule has 1 aromatic carbocycles. The van der Waals surface area contributed by atoms with Gasteiger partial charge in [-0.25, -0.2) is 0 Å². The van der Waals surface area contributed by atoms with Gasteiger partial charge in [-0.2, -0.15) is 0 Å². The lowest BCUT2D eigenvalue weighted by molar-refractivity contribution is 0.708. The van der Waals surface area contributed by atoms with Crippen LogP contribution in [0, 0.1) is 0 Å². The molecule has 0 aliphatic heterocycles. The van der Waals surface area contributed by atoms with E-state index in [0.717, 1.165) is 48.6 Å². The van der Waals surface area contributed by atoms with Crippen LogP contribution < -0.4 is 5.43 Å². The van der Waals surface area contributed by atoms with E-state index in [1.807, 2.05) is 12.1 Å². The number of benzene rings is 1. The van der Waals surface area contributed by atoms with Gasteiger partial charge in [-0.3, -0.25) is 4.79 Å². The van der Waals surface area contributed by atoms with Crippen molar-refractivity contribution in [1.82, 2.24) is 4.98 Å². The normalized spacial score (nSPS) is 15.2. The Balaban J connectivity index is 2.28. The lowest BCUT2D eigenvalue weighted by atomic mass is 10.0. The zero-order valence-electron chi connectivity index (χ0n) is 11.6. The van der Waals surface area contributed by atoms with E-state index in [0.29, 0.717) is 0 Å². The summed E-state index contributed by atoms with van der Waals surface area (Å²) in [5.74, 6) is 0. The van der Waals surface area contributed by atoms with Crippen LogP contribution in [-0.2, 0) is 19.3 Å². The highest BCUT2D eigenvalue weighted by atomic mass is 16.1. The Labute approximate surface area is 113 Å². The van der Waals surface area contributed by atoms with Crippen molar-refractivity contribution >= 4 is 10.9 Å². The Hall–Kier alpha value is -1.57. The van der Waals surface area contributed by atoms with Crippen LogP contribution in [0.3, 0.4) is 0 Å². The molecule has 2 nitrogen and oxygen atoms in total. The molecule has 1 aromatic heterocycles. The molecule has 2 aromatic rings. The van der Waals surface area contributed by atoms with Crippen LogP contribution in [0.1, 0.15) is 49.4 Å². The van der Waals surface area contributed by atoms with Gasteiger partial charge in [0.1, 0.15) is 0 Å². The number of nitrogens with one attached hydrogen (secondary N) is 1. The summed E-state index contributed by atoms with van der Waals surface area (Å²) in [6.07, 6.45) is 7.70. The molecule has 0 radical (unpaired) electrons. The maximum absolute atomic E-state index is 12.7. The number of H-pyrrole nitrogens is 1. The molecule has 3 rings (SSSR count). The highest BCUT2D eigenvalue weighted by molar-refractivity contribution is 5.82. The van der Waals surface area contributed by atoms with Crippen molar-refractivity contribution in [2.75, 3.05) is 0 Å². The number of hydrogen-bond donors (Lipinski definition) is 1. The maximum atomic E-state index is 12.7. The molecule has 1 heterocycles. The summed E-state index contributed by atoms with van der Waals surface area (Å²) >= 11 is 0. The van der Waals surface area contributed by atoms with Gasteiger partial charge < -0.3 is 4.98 Å². The van der Waals surface area contributed by atoms with E-state index in [9.17, 15) is 4.79 Å². The first kappa shape index (κ1) is 12.5. The number of aryl methyl sites for hydroxylation is 2. The summed E-state index contributed by atoms with van der Waals surface area (Å²) in [6, 6.07) is 6.13. The first-order valence-electron chi connectivity index (χ1n) is 7.47. The smallest absolute Gasteiger partial charge is 0.192 e. The van der Waals surface area contributed by atoms with Gasteiger partial charge in [0.15, 0.2) is 5.43 Å².